The summed E-state index contributed by atoms with van der Waals surface area (Å²) >= 11 is 0. The zero-order valence-corrected chi connectivity index (χ0v) is 21.8. The Morgan fingerprint density at radius 2 is 1.55 bits per heavy atom. The summed E-state index contributed by atoms with van der Waals surface area (Å²) in [7, 11) is 1.48. The number of amides is 1. The van der Waals surface area contributed by atoms with Crippen LogP contribution in [0.5, 0.6) is 11.5 Å². The van der Waals surface area contributed by atoms with Crippen molar-refractivity contribution in [2.24, 2.45) is 0 Å². The van der Waals surface area contributed by atoms with Gasteiger partial charge in [0.15, 0.2) is 11.5 Å². The van der Waals surface area contributed by atoms with Crippen LogP contribution in [0.3, 0.4) is 0 Å². The summed E-state index contributed by atoms with van der Waals surface area (Å²) in [6.45, 7) is 0.0373. The Morgan fingerprint density at radius 3 is 2.20 bits per heavy atom. The molecule has 1 atom stereocenters. The number of carbonyl (C=O) groups is 2. The molecule has 8 heteroatoms. The zero-order valence-electron chi connectivity index (χ0n) is 21.8. The fraction of sp³-hybridized carbons (Fsp3) is 0.188. The average molecular weight is 542 g/mol. The molecule has 40 heavy (non-hydrogen) atoms. The number of fused-ring (bicyclic) bond motifs is 3. The first-order valence-electron chi connectivity index (χ1n) is 12.8. The maximum Gasteiger partial charge on any atom is 0.407 e. The van der Waals surface area contributed by atoms with E-state index in [-0.39, 0.29) is 25.6 Å². The molecule has 0 heterocycles. The molecule has 5 rings (SSSR count). The molecule has 0 fully saturated rings. The number of carbonyl (C=O) groups excluding carboxylic acids is 1. The van der Waals surface area contributed by atoms with Gasteiger partial charge in [0.25, 0.3) is 0 Å². The van der Waals surface area contributed by atoms with E-state index in [9.17, 15) is 19.1 Å². The first-order valence-corrected chi connectivity index (χ1v) is 12.8. The highest BCUT2D eigenvalue weighted by molar-refractivity contribution is 5.81. The molecule has 0 saturated carbocycles. The van der Waals surface area contributed by atoms with Gasteiger partial charge in [-0.1, -0.05) is 72.8 Å². The molecule has 1 unspecified atom stereocenters. The quantitative estimate of drug-likeness (QED) is 0.258. The minimum atomic E-state index is -1.25. The van der Waals surface area contributed by atoms with Gasteiger partial charge in [-0.3, -0.25) is 0 Å². The fourth-order valence-electron chi connectivity index (χ4n) is 4.95. The third kappa shape index (κ3) is 5.76. The molecule has 4 aromatic rings. The second-order valence-electron chi connectivity index (χ2n) is 9.43. The SMILES string of the molecule is COc1ccc(CC(NC(=O)OCC2c3ccccc3-c3ccccc32)C(=O)O)cc1OCc1ccccc1F. The minimum Gasteiger partial charge on any atom is -0.493 e. The van der Waals surface area contributed by atoms with E-state index in [4.69, 9.17) is 14.2 Å². The molecule has 0 spiro atoms. The molecular weight excluding hydrogens is 513 g/mol. The average Bonchev–Trinajstić information content (AvgIpc) is 3.29. The molecule has 1 amide bonds. The van der Waals surface area contributed by atoms with Crippen molar-refractivity contribution in [3.8, 4) is 22.6 Å². The van der Waals surface area contributed by atoms with Crippen molar-refractivity contribution in [2.45, 2.75) is 25.0 Å². The number of methoxy groups -OCH3 is 1. The smallest absolute Gasteiger partial charge is 0.407 e. The third-order valence-corrected chi connectivity index (χ3v) is 6.94. The van der Waals surface area contributed by atoms with E-state index in [1.807, 2.05) is 48.5 Å². The second-order valence-corrected chi connectivity index (χ2v) is 9.43. The summed E-state index contributed by atoms with van der Waals surface area (Å²) in [4.78, 5) is 24.7. The monoisotopic (exact) mass is 541 g/mol. The van der Waals surface area contributed by atoms with Crippen LogP contribution in [0, 0.1) is 5.82 Å². The number of nitrogens with one attached hydrogen (secondary N) is 1. The Hall–Kier alpha value is -4.85. The summed E-state index contributed by atoms with van der Waals surface area (Å²) < 4.78 is 30.7. The number of carboxylic acids is 1. The summed E-state index contributed by atoms with van der Waals surface area (Å²) in [5.74, 6) is -1.00. The molecule has 204 valence electrons. The van der Waals surface area contributed by atoms with Gasteiger partial charge in [0.2, 0.25) is 0 Å². The van der Waals surface area contributed by atoms with Gasteiger partial charge in [0.1, 0.15) is 25.1 Å². The van der Waals surface area contributed by atoms with Gasteiger partial charge in [-0.15, -0.1) is 0 Å². The maximum absolute atomic E-state index is 14.0. The van der Waals surface area contributed by atoms with Crippen LogP contribution in [-0.2, 0) is 22.6 Å². The van der Waals surface area contributed by atoms with Crippen molar-refractivity contribution in [2.75, 3.05) is 13.7 Å². The van der Waals surface area contributed by atoms with Crippen LogP contribution < -0.4 is 14.8 Å². The Kier molecular flexibility index (Phi) is 7.96. The van der Waals surface area contributed by atoms with Gasteiger partial charge in [-0.05, 0) is 46.0 Å². The number of hydrogen-bond acceptors (Lipinski definition) is 5. The number of hydrogen-bond donors (Lipinski definition) is 2. The standard InChI is InChI=1S/C32H28FNO6/c1-38-29-15-14-20(17-30(29)39-18-21-8-2-7-13-27(21)33)16-28(31(35)36)34-32(37)40-19-26-24-11-5-3-9-22(24)23-10-4-6-12-25(23)26/h2-15,17,26,28H,16,18-19H2,1H3,(H,34,37)(H,35,36). The third-order valence-electron chi connectivity index (χ3n) is 6.94. The van der Waals surface area contributed by atoms with E-state index >= 15 is 0 Å². The molecule has 2 N–H and O–H groups in total. The zero-order chi connectivity index (χ0) is 28.1. The number of rotatable bonds is 10. The summed E-state index contributed by atoms with van der Waals surface area (Å²) in [5.41, 5.74) is 5.27. The van der Waals surface area contributed by atoms with E-state index < -0.39 is 23.9 Å². The largest absolute Gasteiger partial charge is 0.493 e. The molecule has 4 aromatic carbocycles. The number of aliphatic carboxylic acids is 1. The Labute approximate surface area is 231 Å². The number of alkyl carbamates (subject to hydrolysis) is 1. The summed E-state index contributed by atoms with van der Waals surface area (Å²) in [5, 5.41) is 12.3. The van der Waals surface area contributed by atoms with Gasteiger partial charge in [0, 0.05) is 17.9 Å². The van der Waals surface area contributed by atoms with Crippen LogP contribution in [-0.4, -0.2) is 36.9 Å². The van der Waals surface area contributed by atoms with E-state index in [0.29, 0.717) is 22.6 Å². The molecule has 0 saturated heterocycles. The molecule has 1 aliphatic rings. The number of carboxylic acid groups (broad SMARTS) is 1. The number of halogens is 1. The summed E-state index contributed by atoms with van der Waals surface area (Å²) in [6, 6.07) is 25.9. The van der Waals surface area contributed by atoms with E-state index in [0.717, 1.165) is 22.3 Å². The first kappa shape index (κ1) is 26.7. The fourth-order valence-corrected chi connectivity index (χ4v) is 4.95. The highest BCUT2D eigenvalue weighted by atomic mass is 19.1. The second kappa shape index (κ2) is 11.9. The van der Waals surface area contributed by atoms with Crippen LogP contribution in [0.1, 0.15) is 28.2 Å². The minimum absolute atomic E-state index is 0.0282. The molecule has 1 aliphatic carbocycles. The van der Waals surface area contributed by atoms with Gasteiger partial charge in [0.05, 0.1) is 7.11 Å². The number of benzene rings is 4. The van der Waals surface area contributed by atoms with Crippen LogP contribution in [0.25, 0.3) is 11.1 Å². The van der Waals surface area contributed by atoms with E-state index in [1.165, 1.54) is 13.2 Å². The topological polar surface area (TPSA) is 94.1 Å². The lowest BCUT2D eigenvalue weighted by molar-refractivity contribution is -0.139. The lowest BCUT2D eigenvalue weighted by Gasteiger charge is -2.18. The molecule has 0 aliphatic heterocycles. The van der Waals surface area contributed by atoms with Gasteiger partial charge in [-0.2, -0.15) is 0 Å². The molecule has 0 bridgehead atoms. The van der Waals surface area contributed by atoms with Crippen molar-refractivity contribution in [3.05, 3.63) is 119 Å². The van der Waals surface area contributed by atoms with E-state index in [1.54, 1.807) is 36.4 Å². The van der Waals surface area contributed by atoms with Crippen molar-refractivity contribution in [1.82, 2.24) is 5.32 Å². The predicted molar refractivity (Wildman–Crippen MR) is 147 cm³/mol. The summed E-state index contributed by atoms with van der Waals surface area (Å²) in [6.07, 6.45) is -0.849. The Morgan fingerprint density at radius 1 is 0.900 bits per heavy atom. The Bertz CT molecular complexity index is 1490. The molecule has 7 nitrogen and oxygen atoms in total. The molecule has 0 radical (unpaired) electrons. The van der Waals surface area contributed by atoms with Crippen LogP contribution in [0.2, 0.25) is 0 Å². The van der Waals surface area contributed by atoms with Crippen molar-refractivity contribution >= 4 is 12.1 Å². The highest BCUT2D eigenvalue weighted by Crippen LogP contribution is 2.44. The predicted octanol–water partition coefficient (Wildman–Crippen LogP) is 5.95. The van der Waals surface area contributed by atoms with Crippen LogP contribution in [0.4, 0.5) is 9.18 Å². The van der Waals surface area contributed by atoms with Crippen molar-refractivity contribution in [1.29, 1.82) is 0 Å². The lowest BCUT2D eigenvalue weighted by Crippen LogP contribution is -2.42. The molecule has 0 aromatic heterocycles. The Balaban J connectivity index is 1.24. The normalized spacial score (nSPS) is 12.7. The lowest BCUT2D eigenvalue weighted by atomic mass is 9.98. The first-order chi connectivity index (χ1) is 19.4. The maximum atomic E-state index is 14.0. The molecular formula is C32H28FNO6. The van der Waals surface area contributed by atoms with Gasteiger partial charge in [-0.25, -0.2) is 14.0 Å². The number of ether oxygens (including phenoxy) is 3. The van der Waals surface area contributed by atoms with Crippen LogP contribution in [0.15, 0.2) is 91.0 Å². The van der Waals surface area contributed by atoms with Crippen molar-refractivity contribution in [3.63, 3.8) is 0 Å². The highest BCUT2D eigenvalue weighted by Gasteiger charge is 2.30. The van der Waals surface area contributed by atoms with Gasteiger partial charge >= 0.3 is 12.1 Å². The van der Waals surface area contributed by atoms with Crippen LogP contribution >= 0.6 is 0 Å². The van der Waals surface area contributed by atoms with Gasteiger partial charge < -0.3 is 24.6 Å². The van der Waals surface area contributed by atoms with E-state index in [2.05, 4.69) is 5.32 Å². The van der Waals surface area contributed by atoms with Crippen molar-refractivity contribution < 1.29 is 33.3 Å².